The Morgan fingerprint density at radius 1 is 0.451 bits per heavy atom. The molecule has 0 saturated heterocycles. The minimum Gasteiger partial charge on any atom is -0.462 e. The molecule has 1 N–H and O–H groups in total. The van der Waals surface area contributed by atoms with Crippen LogP contribution in [0.4, 0.5) is 0 Å². The molecule has 0 aromatic rings. The van der Waals surface area contributed by atoms with Crippen LogP contribution in [0.1, 0.15) is 226 Å². The summed E-state index contributed by atoms with van der Waals surface area (Å²) in [5, 5.41) is 9.57. The van der Waals surface area contributed by atoms with Gasteiger partial charge in [0.2, 0.25) is 0 Å². The molecule has 0 heterocycles. The molecule has 1 unspecified atom stereocenters. The van der Waals surface area contributed by atoms with Crippen LogP contribution >= 0.6 is 0 Å². The zero-order chi connectivity index (χ0) is 37.1. The van der Waals surface area contributed by atoms with Crippen LogP contribution in [0.15, 0.2) is 36.5 Å². The number of hydrogen-bond donors (Lipinski definition) is 1. The van der Waals surface area contributed by atoms with Crippen LogP contribution in [0.5, 0.6) is 0 Å². The molecule has 0 aliphatic heterocycles. The van der Waals surface area contributed by atoms with E-state index in [1.54, 1.807) is 0 Å². The van der Waals surface area contributed by atoms with Crippen LogP contribution in [0, 0.1) is 0 Å². The van der Waals surface area contributed by atoms with Crippen LogP contribution in [-0.2, 0) is 19.1 Å². The molecule has 0 rings (SSSR count). The number of aliphatic hydroxyl groups excluding tert-OH is 1. The van der Waals surface area contributed by atoms with Gasteiger partial charge >= 0.3 is 11.9 Å². The van der Waals surface area contributed by atoms with E-state index in [-0.39, 0.29) is 25.2 Å². The Morgan fingerprint density at radius 3 is 1.18 bits per heavy atom. The lowest BCUT2D eigenvalue weighted by Crippen LogP contribution is -2.28. The van der Waals surface area contributed by atoms with Crippen molar-refractivity contribution >= 4 is 11.9 Å². The van der Waals surface area contributed by atoms with Crippen LogP contribution in [0.3, 0.4) is 0 Å². The number of rotatable bonds is 40. The number of carbonyl (C=O) groups excluding carboxylic acids is 2. The highest BCUT2D eigenvalue weighted by atomic mass is 16.6. The number of hydrogen-bond acceptors (Lipinski definition) is 5. The van der Waals surface area contributed by atoms with E-state index >= 15 is 0 Å². The first kappa shape index (κ1) is 49.1. The van der Waals surface area contributed by atoms with Gasteiger partial charge in [-0.1, -0.05) is 198 Å². The van der Waals surface area contributed by atoms with Gasteiger partial charge < -0.3 is 14.6 Å². The van der Waals surface area contributed by atoms with Crippen molar-refractivity contribution in [2.45, 2.75) is 232 Å². The molecule has 0 aromatic carbocycles. The van der Waals surface area contributed by atoms with Gasteiger partial charge in [0.15, 0.2) is 6.10 Å². The van der Waals surface area contributed by atoms with Crippen molar-refractivity contribution in [3.8, 4) is 0 Å². The van der Waals surface area contributed by atoms with Gasteiger partial charge in [-0.25, -0.2) is 0 Å². The van der Waals surface area contributed by atoms with Crippen LogP contribution < -0.4 is 0 Å². The predicted molar refractivity (Wildman–Crippen MR) is 219 cm³/mol. The number of carbonyl (C=O) groups is 2. The fraction of sp³-hybridized carbons (Fsp3) is 0.826. The van der Waals surface area contributed by atoms with E-state index in [4.69, 9.17) is 9.47 Å². The Bertz CT molecular complexity index is 816. The summed E-state index contributed by atoms with van der Waals surface area (Å²) in [7, 11) is 0. The quantitative estimate of drug-likeness (QED) is 0.0388. The summed E-state index contributed by atoms with van der Waals surface area (Å²) < 4.78 is 10.6. The van der Waals surface area contributed by atoms with Crippen LogP contribution in [-0.4, -0.2) is 36.4 Å². The Labute approximate surface area is 316 Å². The van der Waals surface area contributed by atoms with Gasteiger partial charge in [-0.3, -0.25) is 9.59 Å². The molecule has 0 fully saturated rings. The number of allylic oxidation sites excluding steroid dienone is 6. The Balaban J connectivity index is 3.51. The smallest absolute Gasteiger partial charge is 0.306 e. The highest BCUT2D eigenvalue weighted by Gasteiger charge is 2.16. The number of esters is 2. The van der Waals surface area contributed by atoms with E-state index in [1.165, 1.54) is 148 Å². The lowest BCUT2D eigenvalue weighted by molar-refractivity contribution is -0.161. The molecule has 0 aromatic heterocycles. The summed E-state index contributed by atoms with van der Waals surface area (Å²) in [5.74, 6) is -0.589. The van der Waals surface area contributed by atoms with Gasteiger partial charge in [0.05, 0.1) is 6.61 Å². The zero-order valence-electron chi connectivity index (χ0n) is 33.9. The first-order valence-electron chi connectivity index (χ1n) is 22.0. The number of aliphatic hydroxyl groups is 1. The molecule has 0 saturated carbocycles. The Hall–Kier alpha value is -1.88. The summed E-state index contributed by atoms with van der Waals surface area (Å²) in [6.07, 6.45) is 52.2. The first-order valence-corrected chi connectivity index (χ1v) is 22.0. The molecule has 5 nitrogen and oxygen atoms in total. The van der Waals surface area contributed by atoms with Crippen molar-refractivity contribution in [3.63, 3.8) is 0 Å². The van der Waals surface area contributed by atoms with Crippen molar-refractivity contribution in [1.82, 2.24) is 0 Å². The Kier molecular flexibility index (Phi) is 41.0. The number of unbranched alkanes of at least 4 members (excludes halogenated alkanes) is 26. The standard InChI is InChI=1S/C46H84O5/c1-3-5-7-9-11-13-15-17-18-19-20-21-22-23-24-25-26-27-28-29-31-33-35-37-39-41-46(49)51-44(42-47)43-50-45(48)40-38-36-34-32-30-16-14-12-10-8-6-4-2/h15,17,19-20,22-23,44,47H,3-14,16,18,21,24-43H2,1-2H3/b17-15-,20-19-,23-22-. The molecule has 1 atom stereocenters. The Morgan fingerprint density at radius 2 is 0.784 bits per heavy atom. The predicted octanol–water partition coefficient (Wildman–Crippen LogP) is 14.0. The molecular formula is C46H84O5. The highest BCUT2D eigenvalue weighted by molar-refractivity contribution is 5.70. The maximum Gasteiger partial charge on any atom is 0.306 e. The average molecular weight is 717 g/mol. The van der Waals surface area contributed by atoms with Crippen molar-refractivity contribution in [3.05, 3.63) is 36.5 Å². The fourth-order valence-electron chi connectivity index (χ4n) is 6.33. The van der Waals surface area contributed by atoms with Crippen LogP contribution in [0.25, 0.3) is 0 Å². The second kappa shape index (κ2) is 42.5. The molecule has 0 radical (unpaired) electrons. The fourth-order valence-corrected chi connectivity index (χ4v) is 6.33. The SMILES string of the molecule is CCCCCCC/C=C\C/C=C\C/C=C\CCCCCCCCCCCCC(=O)OC(CO)COC(=O)CCCCCCCCCCCCCC. The van der Waals surface area contributed by atoms with E-state index in [2.05, 4.69) is 50.3 Å². The van der Waals surface area contributed by atoms with E-state index < -0.39 is 6.10 Å². The monoisotopic (exact) mass is 717 g/mol. The van der Waals surface area contributed by atoms with E-state index in [1.807, 2.05) is 0 Å². The first-order chi connectivity index (χ1) is 25.1. The van der Waals surface area contributed by atoms with Crippen molar-refractivity contribution in [2.75, 3.05) is 13.2 Å². The van der Waals surface area contributed by atoms with E-state index in [0.29, 0.717) is 12.8 Å². The van der Waals surface area contributed by atoms with Crippen molar-refractivity contribution in [2.24, 2.45) is 0 Å². The molecular weight excluding hydrogens is 633 g/mol. The minimum absolute atomic E-state index is 0.0642. The second-order valence-corrected chi connectivity index (χ2v) is 14.8. The molecule has 0 bridgehead atoms. The van der Waals surface area contributed by atoms with Gasteiger partial charge in [-0.2, -0.15) is 0 Å². The maximum absolute atomic E-state index is 12.2. The van der Waals surface area contributed by atoms with Gasteiger partial charge in [0, 0.05) is 12.8 Å². The third-order valence-corrected chi connectivity index (χ3v) is 9.69. The maximum atomic E-state index is 12.2. The molecule has 298 valence electrons. The van der Waals surface area contributed by atoms with Gasteiger partial charge in [0.1, 0.15) is 6.61 Å². The summed E-state index contributed by atoms with van der Waals surface area (Å²) in [6.45, 7) is 4.13. The topological polar surface area (TPSA) is 72.8 Å². The minimum atomic E-state index is -0.770. The third kappa shape index (κ3) is 40.7. The van der Waals surface area contributed by atoms with Crippen molar-refractivity contribution < 1.29 is 24.2 Å². The molecule has 0 spiro atoms. The zero-order valence-corrected chi connectivity index (χ0v) is 33.9. The van der Waals surface area contributed by atoms with E-state index in [9.17, 15) is 14.7 Å². The summed E-state index contributed by atoms with van der Waals surface area (Å²) in [4.78, 5) is 24.3. The lowest BCUT2D eigenvalue weighted by atomic mass is 10.0. The molecule has 51 heavy (non-hydrogen) atoms. The molecule has 0 aliphatic carbocycles. The van der Waals surface area contributed by atoms with Crippen LogP contribution in [0.2, 0.25) is 0 Å². The summed E-state index contributed by atoms with van der Waals surface area (Å²) >= 11 is 0. The van der Waals surface area contributed by atoms with Gasteiger partial charge in [0.25, 0.3) is 0 Å². The van der Waals surface area contributed by atoms with Gasteiger partial charge in [-0.15, -0.1) is 0 Å². The third-order valence-electron chi connectivity index (χ3n) is 9.69. The normalized spacial score (nSPS) is 12.5. The number of ether oxygens (including phenoxy) is 2. The summed E-state index contributed by atoms with van der Waals surface area (Å²) in [5.41, 5.74) is 0. The largest absolute Gasteiger partial charge is 0.462 e. The van der Waals surface area contributed by atoms with E-state index in [0.717, 1.165) is 51.4 Å². The van der Waals surface area contributed by atoms with Gasteiger partial charge in [-0.05, 0) is 51.4 Å². The van der Waals surface area contributed by atoms with Crippen molar-refractivity contribution in [1.29, 1.82) is 0 Å². The lowest BCUT2D eigenvalue weighted by Gasteiger charge is -2.15. The summed E-state index contributed by atoms with van der Waals surface area (Å²) in [6, 6.07) is 0. The molecule has 0 amide bonds. The highest BCUT2D eigenvalue weighted by Crippen LogP contribution is 2.15. The molecule has 5 heteroatoms. The average Bonchev–Trinajstić information content (AvgIpc) is 3.13. The second-order valence-electron chi connectivity index (χ2n) is 14.8. The molecule has 0 aliphatic rings.